The fraction of sp³-hybridized carbons (Fsp3) is 0.905. The predicted molar refractivity (Wildman–Crippen MR) is 400 cm³/mol. The van der Waals surface area contributed by atoms with Crippen molar-refractivity contribution in [3.63, 3.8) is 0 Å². The Bertz CT molecular complexity index is 1440. The zero-order valence-electron chi connectivity index (χ0n) is 62.9. The molecule has 0 spiro atoms. The summed E-state index contributed by atoms with van der Waals surface area (Å²) in [6.45, 7) is 9.88. The van der Waals surface area contributed by atoms with Crippen molar-refractivity contribution in [2.75, 3.05) is 13.2 Å². The Morgan fingerprint density at radius 2 is 0.409 bits per heavy atom. The van der Waals surface area contributed by atoms with Crippen LogP contribution >= 0.6 is 0 Å². The van der Waals surface area contributed by atoms with Crippen LogP contribution in [-0.2, 0) is 28.7 Å². The van der Waals surface area contributed by atoms with Gasteiger partial charge in [0.15, 0.2) is 0 Å². The van der Waals surface area contributed by atoms with E-state index in [-0.39, 0.29) is 62.5 Å². The second-order valence-electron chi connectivity index (χ2n) is 28.4. The Morgan fingerprint density at radius 3 is 0.581 bits per heavy atom. The first-order chi connectivity index (χ1) is 45.2. The van der Waals surface area contributed by atoms with Gasteiger partial charge in [-0.15, -0.1) is 0 Å². The molecule has 0 saturated carbocycles. The van der Waals surface area contributed by atoms with Crippen molar-refractivity contribution in [3.8, 4) is 0 Å². The molecule has 8 nitrogen and oxygen atoms in total. The molecule has 0 bridgehead atoms. The molecule has 0 aromatic heterocycles. The van der Waals surface area contributed by atoms with Crippen LogP contribution in [0.25, 0.3) is 0 Å². The molecule has 0 N–H and O–H groups in total. The Hall–Kier alpha value is -1.38. The second kappa shape index (κ2) is 84.8. The number of carboxylic acids is 2. The number of aliphatic carboxylic acids is 2. The van der Waals surface area contributed by atoms with Crippen LogP contribution in [0.4, 0.5) is 0 Å². The zero-order valence-corrected chi connectivity index (χ0v) is 65.1. The molecule has 0 aliphatic carbocycles. The van der Waals surface area contributed by atoms with Gasteiger partial charge in [0, 0.05) is 24.8 Å². The molecule has 0 rings (SSSR count). The summed E-state index contributed by atoms with van der Waals surface area (Å²) >= 11 is 0. The van der Waals surface area contributed by atoms with E-state index in [2.05, 4.69) is 39.8 Å². The maximum Gasteiger partial charge on any atom is 2.00 e. The van der Waals surface area contributed by atoms with E-state index in [0.29, 0.717) is 26.1 Å². The number of unbranched alkanes of at least 4 members (excludes halogenated alkanes) is 60. The zero-order chi connectivity index (χ0) is 67.2. The van der Waals surface area contributed by atoms with Gasteiger partial charge < -0.3 is 29.3 Å². The van der Waals surface area contributed by atoms with E-state index in [1.165, 1.54) is 360 Å². The summed E-state index contributed by atoms with van der Waals surface area (Å²) in [5.74, 6) is -4.41. The van der Waals surface area contributed by atoms with Crippen molar-refractivity contribution in [1.82, 2.24) is 0 Å². The van der Waals surface area contributed by atoms with Gasteiger partial charge in [0.05, 0.1) is 25.0 Å². The number of carbonyl (C=O) groups excluding carboxylic acids is 4. The van der Waals surface area contributed by atoms with E-state index in [0.717, 1.165) is 51.4 Å². The quantitative estimate of drug-likeness (QED) is 0.0254. The molecule has 0 aromatic carbocycles. The maximum atomic E-state index is 12.5. The van der Waals surface area contributed by atoms with Gasteiger partial charge in [-0.25, -0.2) is 0 Å². The first-order valence-electron chi connectivity index (χ1n) is 41.3. The smallest absolute Gasteiger partial charge is 0.550 e. The monoisotopic (exact) mass is 1340 g/mol. The fourth-order valence-corrected chi connectivity index (χ4v) is 12.8. The topological polar surface area (TPSA) is 133 Å². The number of carboxylic acid groups (broad SMARTS) is 2. The van der Waals surface area contributed by atoms with Gasteiger partial charge in [0.2, 0.25) is 0 Å². The van der Waals surface area contributed by atoms with Crippen LogP contribution < -0.4 is 10.2 Å². The molecule has 9 heteroatoms. The summed E-state index contributed by atoms with van der Waals surface area (Å²) in [7, 11) is 0. The van der Waals surface area contributed by atoms with Crippen molar-refractivity contribution in [1.29, 1.82) is 0 Å². The minimum absolute atomic E-state index is 0. The van der Waals surface area contributed by atoms with E-state index < -0.39 is 23.8 Å². The maximum absolute atomic E-state index is 12.5. The van der Waals surface area contributed by atoms with E-state index in [1.807, 2.05) is 12.2 Å². The number of hydrogen-bond donors (Lipinski definition) is 0. The molecule has 544 valence electrons. The van der Waals surface area contributed by atoms with Gasteiger partial charge in [-0.05, 0) is 51.4 Å². The van der Waals surface area contributed by atoms with Crippen molar-refractivity contribution in [2.24, 2.45) is 11.8 Å². The predicted octanol–water partition coefficient (Wildman–Crippen LogP) is 25.1. The van der Waals surface area contributed by atoms with Crippen molar-refractivity contribution in [2.45, 2.75) is 464 Å². The number of hydrogen-bond acceptors (Lipinski definition) is 8. The van der Waals surface area contributed by atoms with Crippen LogP contribution in [0.5, 0.6) is 0 Å². The molecule has 0 fully saturated rings. The molecule has 0 aliphatic heterocycles. The van der Waals surface area contributed by atoms with E-state index in [1.54, 1.807) is 0 Å². The average molecular weight is 1340 g/mol. The Kier molecular flexibility index (Phi) is 87.4. The van der Waals surface area contributed by atoms with Crippen LogP contribution in [0.1, 0.15) is 464 Å². The van der Waals surface area contributed by atoms with Crippen molar-refractivity contribution < 1.29 is 38.9 Å². The molecule has 2 atom stereocenters. The molecule has 93 heavy (non-hydrogen) atoms. The van der Waals surface area contributed by atoms with Gasteiger partial charge in [-0.2, -0.15) is 0 Å². The summed E-state index contributed by atoms with van der Waals surface area (Å²) in [6.07, 6.45) is 93.2. The molecular weight excluding hydrogens is 1180 g/mol. The molecule has 0 radical (unpaired) electrons. The minimum atomic E-state index is -1.18. The van der Waals surface area contributed by atoms with Gasteiger partial charge in [-0.3, -0.25) is 9.59 Å². The summed E-state index contributed by atoms with van der Waals surface area (Å²) in [6, 6.07) is 0. The van der Waals surface area contributed by atoms with Crippen molar-refractivity contribution >= 4 is 61.6 Å². The third-order valence-electron chi connectivity index (χ3n) is 19.1. The normalized spacial score (nSPS) is 12.1. The molecule has 0 heterocycles. The molecule has 0 aliphatic rings. The van der Waals surface area contributed by atoms with E-state index in [4.69, 9.17) is 9.47 Å². The molecule has 2 unspecified atom stereocenters. The number of carbonyl (C=O) groups is 4. The summed E-state index contributed by atoms with van der Waals surface area (Å²) < 4.78 is 10.9. The SMILES string of the molecule is CCCCCCCCCCCCCC=CCC(CC(=O)[O-])C(=O)OCCCCCCCCCCCCCCCCCCCCCC.CCCCCCCCCCCCCC=CCC(CC(=O)[O-])C(=O)OCCCCCCCCCCCCCCCCCCCCCC.[Ca+2]. The van der Waals surface area contributed by atoms with E-state index in [9.17, 15) is 29.4 Å². The number of esters is 2. The summed E-state index contributed by atoms with van der Waals surface area (Å²) in [5.41, 5.74) is 0. The fourth-order valence-electron chi connectivity index (χ4n) is 12.8. The third-order valence-corrected chi connectivity index (χ3v) is 19.1. The average Bonchev–Trinajstić information content (AvgIpc) is 3.29. The second-order valence-corrected chi connectivity index (χ2v) is 28.4. The van der Waals surface area contributed by atoms with E-state index >= 15 is 0 Å². The van der Waals surface area contributed by atoms with Gasteiger partial charge in [-0.1, -0.05) is 424 Å². The summed E-state index contributed by atoms with van der Waals surface area (Å²) in [5, 5.41) is 22.4. The minimum Gasteiger partial charge on any atom is -0.550 e. The van der Waals surface area contributed by atoms with Crippen LogP contribution in [0, 0.1) is 11.8 Å². The van der Waals surface area contributed by atoms with Gasteiger partial charge in [0.25, 0.3) is 0 Å². The number of allylic oxidation sites excluding steroid dienone is 4. The van der Waals surface area contributed by atoms with Crippen LogP contribution in [0.15, 0.2) is 24.3 Å². The third kappa shape index (κ3) is 83.0. The van der Waals surface area contributed by atoms with Gasteiger partial charge >= 0.3 is 49.7 Å². The molecule has 0 aromatic rings. The largest absolute Gasteiger partial charge is 2.00 e. The van der Waals surface area contributed by atoms with Gasteiger partial charge in [0.1, 0.15) is 0 Å². The molecule has 0 saturated heterocycles. The Balaban J connectivity index is -0.00000172. The molecular formula is C84H158CaO8. The number of ether oxygens (including phenoxy) is 2. The van der Waals surface area contributed by atoms with Crippen LogP contribution in [-0.4, -0.2) is 74.8 Å². The first-order valence-corrected chi connectivity index (χ1v) is 41.3. The Morgan fingerprint density at radius 1 is 0.247 bits per heavy atom. The Labute approximate surface area is 609 Å². The standard InChI is InChI=1S/2C42H80O4.Ca/c2*1-3-5-7-9-11-13-15-17-19-20-21-22-23-24-26-28-30-32-34-36-38-46-42(45)40(39-41(43)44)37-35-33-31-29-27-25-18-16-14-12-10-8-6-4-2;/h2*33,35,40H,3-32,34,36-39H2,1-2H3,(H,43,44);/q;;+2/p-2. The number of rotatable bonds is 76. The first kappa shape index (κ1) is 95.8. The van der Waals surface area contributed by atoms with Crippen LogP contribution in [0.2, 0.25) is 0 Å². The molecule has 0 amide bonds. The van der Waals surface area contributed by atoms with Crippen molar-refractivity contribution in [3.05, 3.63) is 24.3 Å². The summed E-state index contributed by atoms with van der Waals surface area (Å²) in [4.78, 5) is 47.4. The van der Waals surface area contributed by atoms with Crippen LogP contribution in [0.3, 0.4) is 0 Å².